The summed E-state index contributed by atoms with van der Waals surface area (Å²) in [6.45, 7) is 4.70. The van der Waals surface area contributed by atoms with Crippen molar-refractivity contribution in [1.82, 2.24) is 4.57 Å². The SMILES string of the molecule is CC1(C)c2ccccc2-c2ccc(N(c3ccccc3)c3ccc(-c4cccc(-n5c6cccc7c8cccc9ccc%10ccc5c(c%10c98)c76)c4)cc3)cc21. The summed E-state index contributed by atoms with van der Waals surface area (Å²) in [5.41, 5.74) is 14.9. The zero-order chi connectivity index (χ0) is 36.4. The number of hydrogen-bond acceptors (Lipinski definition) is 1. The Labute approximate surface area is 319 Å². The van der Waals surface area contributed by atoms with Crippen LogP contribution in [0.15, 0.2) is 182 Å². The smallest absolute Gasteiger partial charge is 0.0548 e. The Morgan fingerprint density at radius 3 is 1.91 bits per heavy atom. The summed E-state index contributed by atoms with van der Waals surface area (Å²) in [6.07, 6.45) is 0. The maximum absolute atomic E-state index is 2.47. The van der Waals surface area contributed by atoms with Crippen LogP contribution in [-0.4, -0.2) is 4.57 Å². The van der Waals surface area contributed by atoms with E-state index in [2.05, 4.69) is 205 Å². The van der Waals surface area contributed by atoms with Crippen molar-refractivity contribution < 1.29 is 0 Å². The molecule has 1 aliphatic rings. The van der Waals surface area contributed by atoms with E-state index in [0.717, 1.165) is 17.1 Å². The molecule has 0 spiro atoms. The van der Waals surface area contributed by atoms with Crippen molar-refractivity contribution in [1.29, 1.82) is 0 Å². The monoisotopic (exact) mass is 700 g/mol. The Hall–Kier alpha value is -6.90. The maximum atomic E-state index is 2.47. The van der Waals surface area contributed by atoms with Crippen molar-refractivity contribution in [3.05, 3.63) is 193 Å². The van der Waals surface area contributed by atoms with Gasteiger partial charge >= 0.3 is 0 Å². The average Bonchev–Trinajstić information content (AvgIpc) is 3.70. The van der Waals surface area contributed by atoms with Gasteiger partial charge in [-0.1, -0.05) is 135 Å². The van der Waals surface area contributed by atoms with E-state index < -0.39 is 0 Å². The quantitative estimate of drug-likeness (QED) is 0.128. The van der Waals surface area contributed by atoms with Crippen molar-refractivity contribution in [3.8, 4) is 27.9 Å². The summed E-state index contributed by atoms with van der Waals surface area (Å²) < 4.78 is 2.47. The van der Waals surface area contributed by atoms with Crippen molar-refractivity contribution >= 4 is 71.2 Å². The standard InChI is InChI=1S/C53H36N2/c1-53(2)45-19-7-6-16-41(45)42-29-28-40(32-46(42)53)54(37-13-4-3-5-14-37)38-26-23-33(24-27-38)36-12-8-15-39(31-36)55-47-20-10-18-44-43-17-9-11-34-21-22-35-25-30-48(55)52(51(44)47)50(35)49(34)43/h3-32H,1-2H3. The molecule has 0 atom stereocenters. The second-order valence-corrected chi connectivity index (χ2v) is 15.7. The van der Waals surface area contributed by atoms with Gasteiger partial charge < -0.3 is 9.47 Å². The third-order valence-corrected chi connectivity index (χ3v) is 12.5. The summed E-state index contributed by atoms with van der Waals surface area (Å²) in [7, 11) is 0. The van der Waals surface area contributed by atoms with Crippen molar-refractivity contribution in [2.24, 2.45) is 0 Å². The summed E-state index contributed by atoms with van der Waals surface area (Å²) in [5.74, 6) is 0. The minimum atomic E-state index is -0.0713. The molecule has 12 rings (SSSR count). The number of anilines is 3. The molecule has 0 fully saturated rings. The summed E-state index contributed by atoms with van der Waals surface area (Å²) >= 11 is 0. The molecule has 258 valence electrons. The second kappa shape index (κ2) is 11.1. The summed E-state index contributed by atoms with van der Waals surface area (Å²) in [5, 5.41) is 10.7. The Morgan fingerprint density at radius 2 is 1.05 bits per heavy atom. The van der Waals surface area contributed by atoms with Crippen molar-refractivity contribution in [2.45, 2.75) is 19.3 Å². The van der Waals surface area contributed by atoms with Crippen LogP contribution >= 0.6 is 0 Å². The number of fused-ring (bicyclic) bond motifs is 4. The highest BCUT2D eigenvalue weighted by Crippen LogP contribution is 2.51. The Balaban J connectivity index is 0.975. The van der Waals surface area contributed by atoms with Crippen LogP contribution in [0.4, 0.5) is 17.1 Å². The first-order valence-corrected chi connectivity index (χ1v) is 19.3. The molecule has 0 N–H and O–H groups in total. The molecule has 55 heavy (non-hydrogen) atoms. The summed E-state index contributed by atoms with van der Waals surface area (Å²) in [4.78, 5) is 2.38. The largest absolute Gasteiger partial charge is 0.310 e. The number of rotatable bonds is 5. The molecule has 0 aliphatic heterocycles. The second-order valence-electron chi connectivity index (χ2n) is 15.7. The van der Waals surface area contributed by atoms with Gasteiger partial charge in [-0.25, -0.2) is 0 Å². The molecule has 0 saturated carbocycles. The van der Waals surface area contributed by atoms with Crippen LogP contribution in [-0.2, 0) is 5.41 Å². The van der Waals surface area contributed by atoms with E-state index in [1.807, 2.05) is 0 Å². The fourth-order valence-electron chi connectivity index (χ4n) is 9.95. The van der Waals surface area contributed by atoms with Gasteiger partial charge in [0.1, 0.15) is 0 Å². The highest BCUT2D eigenvalue weighted by Gasteiger charge is 2.35. The lowest BCUT2D eigenvalue weighted by atomic mass is 9.82. The van der Waals surface area contributed by atoms with E-state index in [9.17, 15) is 0 Å². The Kier molecular flexibility index (Phi) is 6.15. The van der Waals surface area contributed by atoms with Gasteiger partial charge in [0.25, 0.3) is 0 Å². The molecule has 0 bridgehead atoms. The molecule has 10 aromatic carbocycles. The van der Waals surface area contributed by atoms with E-state index in [4.69, 9.17) is 0 Å². The first kappa shape index (κ1) is 30.6. The molecule has 2 nitrogen and oxygen atoms in total. The minimum Gasteiger partial charge on any atom is -0.310 e. The molecule has 0 amide bonds. The molecule has 0 saturated heterocycles. The van der Waals surface area contributed by atoms with Crippen LogP contribution in [0.3, 0.4) is 0 Å². The minimum absolute atomic E-state index is 0.0713. The molecule has 1 aliphatic carbocycles. The Bertz CT molecular complexity index is 3270. The van der Waals surface area contributed by atoms with Gasteiger partial charge in [-0.05, 0) is 121 Å². The predicted molar refractivity (Wildman–Crippen MR) is 233 cm³/mol. The number of benzene rings is 10. The molecular formula is C53H36N2. The van der Waals surface area contributed by atoms with Gasteiger partial charge in [0.05, 0.1) is 11.0 Å². The van der Waals surface area contributed by atoms with Crippen LogP contribution in [0.25, 0.3) is 82.1 Å². The predicted octanol–water partition coefficient (Wildman–Crippen LogP) is 14.6. The fraction of sp³-hybridized carbons (Fsp3) is 0.0566. The van der Waals surface area contributed by atoms with E-state index in [1.54, 1.807) is 0 Å². The van der Waals surface area contributed by atoms with Crippen molar-refractivity contribution in [2.75, 3.05) is 4.90 Å². The fourth-order valence-corrected chi connectivity index (χ4v) is 9.95. The molecule has 2 heteroatoms. The van der Waals surface area contributed by atoms with Crippen LogP contribution in [0.2, 0.25) is 0 Å². The summed E-state index contributed by atoms with van der Waals surface area (Å²) in [6, 6.07) is 67.5. The van der Waals surface area contributed by atoms with Crippen LogP contribution in [0.1, 0.15) is 25.0 Å². The zero-order valence-electron chi connectivity index (χ0n) is 30.7. The molecule has 1 heterocycles. The van der Waals surface area contributed by atoms with Gasteiger partial charge in [-0.15, -0.1) is 0 Å². The van der Waals surface area contributed by atoms with Gasteiger partial charge in [-0.2, -0.15) is 0 Å². The number of aromatic nitrogens is 1. The van der Waals surface area contributed by atoms with Gasteiger partial charge in [0, 0.05) is 44.3 Å². The third-order valence-electron chi connectivity index (χ3n) is 12.5. The molecule has 0 radical (unpaired) electrons. The highest BCUT2D eigenvalue weighted by atomic mass is 15.1. The topological polar surface area (TPSA) is 8.17 Å². The van der Waals surface area contributed by atoms with E-state index in [1.165, 1.54) is 93.2 Å². The third kappa shape index (κ3) is 4.20. The lowest BCUT2D eigenvalue weighted by Crippen LogP contribution is -2.16. The molecule has 0 unspecified atom stereocenters. The van der Waals surface area contributed by atoms with Crippen LogP contribution in [0, 0.1) is 0 Å². The zero-order valence-corrected chi connectivity index (χ0v) is 30.7. The van der Waals surface area contributed by atoms with E-state index in [0.29, 0.717) is 0 Å². The highest BCUT2D eigenvalue weighted by molar-refractivity contribution is 6.40. The average molecular weight is 701 g/mol. The van der Waals surface area contributed by atoms with Gasteiger partial charge in [-0.3, -0.25) is 0 Å². The van der Waals surface area contributed by atoms with E-state index >= 15 is 0 Å². The normalized spacial score (nSPS) is 13.4. The number of nitrogens with zero attached hydrogens (tertiary/aromatic N) is 2. The molecular weight excluding hydrogens is 665 g/mol. The van der Waals surface area contributed by atoms with Crippen LogP contribution in [0.5, 0.6) is 0 Å². The lowest BCUT2D eigenvalue weighted by Gasteiger charge is -2.28. The first-order valence-electron chi connectivity index (χ1n) is 19.3. The first-order chi connectivity index (χ1) is 27.0. The van der Waals surface area contributed by atoms with E-state index in [-0.39, 0.29) is 5.41 Å². The lowest BCUT2D eigenvalue weighted by molar-refractivity contribution is 0.660. The molecule has 11 aromatic rings. The Morgan fingerprint density at radius 1 is 0.400 bits per heavy atom. The maximum Gasteiger partial charge on any atom is 0.0548 e. The van der Waals surface area contributed by atoms with Gasteiger partial charge in [0.2, 0.25) is 0 Å². The number of hydrogen-bond donors (Lipinski definition) is 0. The van der Waals surface area contributed by atoms with Gasteiger partial charge in [0.15, 0.2) is 0 Å². The number of para-hydroxylation sites is 1. The molecule has 1 aromatic heterocycles. The van der Waals surface area contributed by atoms with Crippen LogP contribution < -0.4 is 4.90 Å². The van der Waals surface area contributed by atoms with Crippen molar-refractivity contribution in [3.63, 3.8) is 0 Å².